The molecule has 2 N–H and O–H groups in total. The van der Waals surface area contributed by atoms with E-state index in [1.807, 2.05) is 7.05 Å². The molecule has 0 radical (unpaired) electrons. The van der Waals surface area contributed by atoms with E-state index in [2.05, 4.69) is 18.1 Å². The fourth-order valence-corrected chi connectivity index (χ4v) is 3.29. The molecule has 1 aliphatic carbocycles. The number of carboxylic acid groups (broad SMARTS) is 1. The number of hydrogen-bond acceptors (Lipinski definition) is 4. The van der Waals surface area contributed by atoms with Gasteiger partial charge in [0.05, 0.1) is 11.5 Å². The summed E-state index contributed by atoms with van der Waals surface area (Å²) in [5, 5.41) is 19.5. The van der Waals surface area contributed by atoms with Crippen molar-refractivity contribution >= 4 is 17.7 Å². The predicted octanol–water partition coefficient (Wildman–Crippen LogP) is 1.68. The first-order valence-corrected chi connectivity index (χ1v) is 7.92. The van der Waals surface area contributed by atoms with Crippen molar-refractivity contribution in [1.82, 2.24) is 4.90 Å². The third-order valence-corrected chi connectivity index (χ3v) is 4.79. The van der Waals surface area contributed by atoms with Crippen LogP contribution in [-0.4, -0.2) is 58.3 Å². The van der Waals surface area contributed by atoms with Crippen molar-refractivity contribution in [2.45, 2.75) is 44.2 Å². The van der Waals surface area contributed by atoms with Gasteiger partial charge in [-0.2, -0.15) is 11.8 Å². The van der Waals surface area contributed by atoms with Crippen molar-refractivity contribution in [3.05, 3.63) is 0 Å². The summed E-state index contributed by atoms with van der Waals surface area (Å²) in [5.74, 6) is 0.0602. The Morgan fingerprint density at radius 1 is 1.50 bits per heavy atom. The van der Waals surface area contributed by atoms with Crippen molar-refractivity contribution in [3.8, 4) is 0 Å². The molecule has 1 fully saturated rings. The van der Waals surface area contributed by atoms with Crippen molar-refractivity contribution in [3.63, 3.8) is 0 Å². The first kappa shape index (κ1) is 15.8. The van der Waals surface area contributed by atoms with E-state index in [1.165, 1.54) is 0 Å². The molecule has 4 nitrogen and oxygen atoms in total. The highest BCUT2D eigenvalue weighted by Gasteiger charge is 2.36. The van der Waals surface area contributed by atoms with Crippen LogP contribution in [0.1, 0.15) is 32.6 Å². The standard InChI is InChI=1S/C13H25NO3S/c1-10(8-18-3)14(2)9-13(17)6-4-11(5-7-13)12(15)16/h10-11,17H,4-9H2,1-3H3,(H,15,16). The molecular formula is C13H25NO3S. The summed E-state index contributed by atoms with van der Waals surface area (Å²) in [5.41, 5.74) is -0.701. The second kappa shape index (κ2) is 6.78. The van der Waals surface area contributed by atoms with E-state index in [0.717, 1.165) is 5.75 Å². The van der Waals surface area contributed by atoms with Gasteiger partial charge in [0, 0.05) is 18.3 Å². The zero-order valence-electron chi connectivity index (χ0n) is 11.6. The van der Waals surface area contributed by atoms with Crippen LogP contribution in [0.25, 0.3) is 0 Å². The Balaban J connectivity index is 2.44. The quantitative estimate of drug-likeness (QED) is 0.772. The number of thioether (sulfide) groups is 1. The molecule has 0 spiro atoms. The SMILES string of the molecule is CSCC(C)N(C)CC1(O)CCC(C(=O)O)CC1. The average Bonchev–Trinajstić information content (AvgIpc) is 2.29. The number of rotatable bonds is 6. The largest absolute Gasteiger partial charge is 0.481 e. The highest BCUT2D eigenvalue weighted by atomic mass is 32.2. The van der Waals surface area contributed by atoms with Gasteiger partial charge in [-0.25, -0.2) is 0 Å². The normalized spacial score (nSPS) is 30.4. The maximum absolute atomic E-state index is 10.9. The molecule has 1 rings (SSSR count). The topological polar surface area (TPSA) is 60.8 Å². The Labute approximate surface area is 114 Å². The maximum Gasteiger partial charge on any atom is 0.306 e. The van der Waals surface area contributed by atoms with Crippen LogP contribution < -0.4 is 0 Å². The molecular weight excluding hydrogens is 250 g/mol. The summed E-state index contributed by atoms with van der Waals surface area (Å²) in [6.07, 6.45) is 4.46. The lowest BCUT2D eigenvalue weighted by molar-refractivity contribution is -0.145. The van der Waals surface area contributed by atoms with E-state index < -0.39 is 11.6 Å². The van der Waals surface area contributed by atoms with Crippen molar-refractivity contribution in [2.75, 3.05) is 25.6 Å². The fourth-order valence-electron chi connectivity index (χ4n) is 2.55. The molecule has 1 unspecified atom stereocenters. The van der Waals surface area contributed by atoms with Crippen LogP contribution >= 0.6 is 11.8 Å². The zero-order chi connectivity index (χ0) is 13.8. The number of likely N-dealkylation sites (N-methyl/N-ethyl adjacent to an activating group) is 1. The van der Waals surface area contributed by atoms with Gasteiger partial charge in [-0.3, -0.25) is 4.79 Å². The molecule has 1 saturated carbocycles. The number of aliphatic hydroxyl groups is 1. The summed E-state index contributed by atoms with van der Waals surface area (Å²) in [6.45, 7) is 2.80. The summed E-state index contributed by atoms with van der Waals surface area (Å²) in [4.78, 5) is 13.1. The van der Waals surface area contributed by atoms with E-state index in [9.17, 15) is 9.90 Å². The molecule has 1 aliphatic rings. The second-order valence-electron chi connectivity index (χ2n) is 5.56. The number of hydrogen-bond donors (Lipinski definition) is 2. The molecule has 0 aromatic heterocycles. The van der Waals surface area contributed by atoms with Crippen LogP contribution in [0.3, 0.4) is 0 Å². The maximum atomic E-state index is 10.9. The smallest absolute Gasteiger partial charge is 0.306 e. The van der Waals surface area contributed by atoms with E-state index in [4.69, 9.17) is 5.11 Å². The van der Waals surface area contributed by atoms with E-state index >= 15 is 0 Å². The van der Waals surface area contributed by atoms with Gasteiger partial charge < -0.3 is 15.1 Å². The average molecular weight is 275 g/mol. The van der Waals surface area contributed by atoms with Crippen molar-refractivity contribution in [2.24, 2.45) is 5.92 Å². The van der Waals surface area contributed by atoms with Crippen LogP contribution in [0.4, 0.5) is 0 Å². The van der Waals surface area contributed by atoms with Gasteiger partial charge >= 0.3 is 5.97 Å². The summed E-state index contributed by atoms with van der Waals surface area (Å²) >= 11 is 1.80. The van der Waals surface area contributed by atoms with Crippen LogP contribution in [0.2, 0.25) is 0 Å². The Bertz CT molecular complexity index is 277. The second-order valence-corrected chi connectivity index (χ2v) is 6.47. The number of carbonyl (C=O) groups is 1. The van der Waals surface area contributed by atoms with Gasteiger partial charge in [-0.1, -0.05) is 0 Å². The lowest BCUT2D eigenvalue weighted by Crippen LogP contribution is -2.48. The molecule has 0 saturated heterocycles. The first-order valence-electron chi connectivity index (χ1n) is 6.52. The molecule has 0 aromatic rings. The van der Waals surface area contributed by atoms with Gasteiger partial charge in [-0.15, -0.1) is 0 Å². The van der Waals surface area contributed by atoms with E-state index in [1.54, 1.807) is 11.8 Å². The molecule has 1 atom stereocenters. The third-order valence-electron chi connectivity index (χ3n) is 3.97. The fraction of sp³-hybridized carbons (Fsp3) is 0.923. The number of carboxylic acids is 1. The van der Waals surface area contributed by atoms with Gasteiger partial charge in [-0.05, 0) is 45.9 Å². The molecule has 0 bridgehead atoms. The predicted molar refractivity (Wildman–Crippen MR) is 75.0 cm³/mol. The minimum atomic E-state index is -0.721. The van der Waals surface area contributed by atoms with Crippen molar-refractivity contribution in [1.29, 1.82) is 0 Å². The molecule has 106 valence electrons. The number of nitrogens with zero attached hydrogens (tertiary/aromatic N) is 1. The van der Waals surface area contributed by atoms with Gasteiger partial charge in [0.1, 0.15) is 0 Å². The minimum Gasteiger partial charge on any atom is -0.481 e. The number of aliphatic carboxylic acids is 1. The highest BCUT2D eigenvalue weighted by Crippen LogP contribution is 2.33. The zero-order valence-corrected chi connectivity index (χ0v) is 12.4. The monoisotopic (exact) mass is 275 g/mol. The molecule has 18 heavy (non-hydrogen) atoms. The first-order chi connectivity index (χ1) is 8.38. The van der Waals surface area contributed by atoms with Gasteiger partial charge in [0.15, 0.2) is 0 Å². The summed E-state index contributed by atoms with van der Waals surface area (Å²) < 4.78 is 0. The molecule has 0 aromatic carbocycles. The van der Waals surface area contributed by atoms with Gasteiger partial charge in [0.2, 0.25) is 0 Å². The van der Waals surface area contributed by atoms with Crippen LogP contribution in [0, 0.1) is 5.92 Å². The van der Waals surface area contributed by atoms with Crippen molar-refractivity contribution < 1.29 is 15.0 Å². The van der Waals surface area contributed by atoms with E-state index in [0.29, 0.717) is 38.3 Å². The molecule has 0 aliphatic heterocycles. The lowest BCUT2D eigenvalue weighted by atomic mass is 9.78. The Morgan fingerprint density at radius 3 is 2.50 bits per heavy atom. The highest BCUT2D eigenvalue weighted by molar-refractivity contribution is 7.98. The van der Waals surface area contributed by atoms with Gasteiger partial charge in [0.25, 0.3) is 0 Å². The van der Waals surface area contributed by atoms with Crippen LogP contribution in [0.15, 0.2) is 0 Å². The summed E-state index contributed by atoms with van der Waals surface area (Å²) in [7, 11) is 2.03. The third kappa shape index (κ3) is 4.44. The van der Waals surface area contributed by atoms with E-state index in [-0.39, 0.29) is 5.92 Å². The Kier molecular flexibility index (Phi) is 5.95. The summed E-state index contributed by atoms with van der Waals surface area (Å²) in [6, 6.07) is 0.432. The lowest BCUT2D eigenvalue weighted by Gasteiger charge is -2.39. The molecule has 0 heterocycles. The molecule has 0 amide bonds. The molecule has 5 heteroatoms. The van der Waals surface area contributed by atoms with Crippen LogP contribution in [0.5, 0.6) is 0 Å². The van der Waals surface area contributed by atoms with Crippen LogP contribution in [-0.2, 0) is 4.79 Å². The Hall–Kier alpha value is -0.260. The Morgan fingerprint density at radius 2 is 2.06 bits per heavy atom. The minimum absolute atomic E-state index is 0.265.